The number of fused-ring (bicyclic) bond motifs is 1. The molecule has 3 heteroatoms. The van der Waals surface area contributed by atoms with Crippen LogP contribution in [0.5, 0.6) is 0 Å². The van der Waals surface area contributed by atoms with E-state index in [0.29, 0.717) is 6.61 Å². The van der Waals surface area contributed by atoms with E-state index in [4.69, 9.17) is 4.74 Å². The van der Waals surface area contributed by atoms with Crippen LogP contribution in [0.3, 0.4) is 0 Å². The molecular weight excluding hydrogens is 166 g/mol. The summed E-state index contributed by atoms with van der Waals surface area (Å²) < 4.78 is 5.72. The second kappa shape index (κ2) is 2.27. The Balaban J connectivity index is 1.75. The second-order valence-corrected chi connectivity index (χ2v) is 4.89. The fourth-order valence-corrected chi connectivity index (χ4v) is 2.99. The molecule has 2 aliphatic carbocycles. The molecule has 0 aromatic heterocycles. The molecule has 0 radical (unpaired) electrons. The number of rotatable bonds is 0. The molecule has 1 heterocycles. The van der Waals surface area contributed by atoms with Crippen LogP contribution in [0, 0.1) is 11.8 Å². The van der Waals surface area contributed by atoms with Crippen molar-refractivity contribution in [1.82, 2.24) is 4.90 Å². The van der Waals surface area contributed by atoms with Crippen LogP contribution in [0.1, 0.15) is 19.3 Å². The standard InChI is InChI=1S/C10H15NO2/c1-11-6-10(13-5-9(11)12)3-7-2-8(7)4-10/h7-8H,2-6H2,1H3. The highest BCUT2D eigenvalue weighted by Crippen LogP contribution is 2.57. The van der Waals surface area contributed by atoms with E-state index in [0.717, 1.165) is 18.4 Å². The van der Waals surface area contributed by atoms with Crippen LogP contribution in [0.4, 0.5) is 0 Å². The lowest BCUT2D eigenvalue weighted by atomic mass is 9.95. The van der Waals surface area contributed by atoms with Crippen LogP contribution >= 0.6 is 0 Å². The summed E-state index contributed by atoms with van der Waals surface area (Å²) in [5.74, 6) is 1.97. The lowest BCUT2D eigenvalue weighted by Crippen LogP contribution is -2.52. The molecule has 2 saturated carbocycles. The first-order valence-corrected chi connectivity index (χ1v) is 5.06. The fourth-order valence-electron chi connectivity index (χ4n) is 2.99. The number of nitrogens with zero attached hydrogens (tertiary/aromatic N) is 1. The maximum Gasteiger partial charge on any atom is 0.248 e. The van der Waals surface area contributed by atoms with E-state index in [2.05, 4.69) is 0 Å². The number of likely N-dealkylation sites (N-methyl/N-ethyl adjacent to an activating group) is 1. The Hall–Kier alpha value is -0.570. The van der Waals surface area contributed by atoms with E-state index in [-0.39, 0.29) is 11.5 Å². The van der Waals surface area contributed by atoms with E-state index in [9.17, 15) is 4.79 Å². The fraction of sp³-hybridized carbons (Fsp3) is 0.900. The maximum atomic E-state index is 11.2. The van der Waals surface area contributed by atoms with Crippen LogP contribution in [0.15, 0.2) is 0 Å². The van der Waals surface area contributed by atoms with Crippen molar-refractivity contribution in [3.05, 3.63) is 0 Å². The third-order valence-electron chi connectivity index (χ3n) is 3.79. The van der Waals surface area contributed by atoms with Crippen molar-refractivity contribution in [2.45, 2.75) is 24.9 Å². The van der Waals surface area contributed by atoms with Crippen molar-refractivity contribution in [2.75, 3.05) is 20.2 Å². The van der Waals surface area contributed by atoms with Gasteiger partial charge in [0, 0.05) is 13.6 Å². The first-order chi connectivity index (χ1) is 6.19. The Morgan fingerprint density at radius 3 is 2.77 bits per heavy atom. The SMILES string of the molecule is CN1CC2(CC3CC3C2)OCC1=O. The first kappa shape index (κ1) is 7.80. The molecule has 2 unspecified atom stereocenters. The lowest BCUT2D eigenvalue weighted by Gasteiger charge is -2.39. The zero-order valence-corrected chi connectivity index (χ0v) is 7.95. The van der Waals surface area contributed by atoms with Gasteiger partial charge in [-0.25, -0.2) is 0 Å². The third kappa shape index (κ3) is 1.10. The Bertz CT molecular complexity index is 254. The van der Waals surface area contributed by atoms with E-state index >= 15 is 0 Å². The van der Waals surface area contributed by atoms with Crippen molar-refractivity contribution in [3.8, 4) is 0 Å². The van der Waals surface area contributed by atoms with Gasteiger partial charge in [0.2, 0.25) is 5.91 Å². The summed E-state index contributed by atoms with van der Waals surface area (Å²) in [6.07, 6.45) is 3.79. The number of carbonyl (C=O) groups excluding carboxylic acids is 1. The average molecular weight is 181 g/mol. The van der Waals surface area contributed by atoms with Gasteiger partial charge in [0.15, 0.2) is 0 Å². The third-order valence-corrected chi connectivity index (χ3v) is 3.79. The van der Waals surface area contributed by atoms with E-state index in [1.54, 1.807) is 0 Å². The molecular formula is C10H15NO2. The van der Waals surface area contributed by atoms with Gasteiger partial charge >= 0.3 is 0 Å². The summed E-state index contributed by atoms with van der Waals surface area (Å²) in [4.78, 5) is 13.1. The molecule has 3 fully saturated rings. The van der Waals surface area contributed by atoms with Gasteiger partial charge in [-0.3, -0.25) is 4.79 Å². The quantitative estimate of drug-likeness (QED) is 0.549. The van der Waals surface area contributed by atoms with Gasteiger partial charge in [-0.1, -0.05) is 0 Å². The maximum absolute atomic E-state index is 11.2. The van der Waals surface area contributed by atoms with E-state index in [1.165, 1.54) is 19.3 Å². The number of morpholine rings is 1. The first-order valence-electron chi connectivity index (χ1n) is 5.06. The Labute approximate surface area is 78.0 Å². The molecule has 0 aromatic carbocycles. The summed E-state index contributed by atoms with van der Waals surface area (Å²) in [6, 6.07) is 0. The molecule has 1 amide bonds. The lowest BCUT2D eigenvalue weighted by molar-refractivity contribution is -0.161. The molecule has 1 saturated heterocycles. The molecule has 0 N–H and O–H groups in total. The van der Waals surface area contributed by atoms with Crippen LogP contribution in [0.2, 0.25) is 0 Å². The zero-order chi connectivity index (χ0) is 9.05. The number of hydrogen-bond acceptors (Lipinski definition) is 2. The number of hydrogen-bond donors (Lipinski definition) is 0. The number of carbonyl (C=O) groups is 1. The molecule has 0 bridgehead atoms. The molecule has 3 nitrogen and oxygen atoms in total. The van der Waals surface area contributed by atoms with Gasteiger partial charge in [-0.2, -0.15) is 0 Å². The molecule has 72 valence electrons. The number of ether oxygens (including phenoxy) is 1. The van der Waals surface area contributed by atoms with Crippen molar-refractivity contribution < 1.29 is 9.53 Å². The van der Waals surface area contributed by atoms with Crippen molar-refractivity contribution >= 4 is 5.91 Å². The molecule has 13 heavy (non-hydrogen) atoms. The molecule has 3 aliphatic rings. The van der Waals surface area contributed by atoms with Crippen LogP contribution in [0.25, 0.3) is 0 Å². The average Bonchev–Trinajstić information content (AvgIpc) is 2.69. The van der Waals surface area contributed by atoms with Gasteiger partial charge in [0.25, 0.3) is 0 Å². The van der Waals surface area contributed by atoms with Gasteiger partial charge in [0.05, 0.1) is 5.60 Å². The smallest absolute Gasteiger partial charge is 0.248 e. The van der Waals surface area contributed by atoms with E-state index in [1.807, 2.05) is 11.9 Å². The monoisotopic (exact) mass is 181 g/mol. The van der Waals surface area contributed by atoms with Crippen molar-refractivity contribution in [1.29, 1.82) is 0 Å². The van der Waals surface area contributed by atoms with Crippen molar-refractivity contribution in [2.24, 2.45) is 11.8 Å². The second-order valence-electron chi connectivity index (χ2n) is 4.89. The summed E-state index contributed by atoms with van der Waals surface area (Å²) in [7, 11) is 1.89. The highest BCUT2D eigenvalue weighted by Gasteiger charge is 2.56. The van der Waals surface area contributed by atoms with Crippen LogP contribution in [-0.2, 0) is 9.53 Å². The van der Waals surface area contributed by atoms with Crippen LogP contribution in [-0.4, -0.2) is 36.6 Å². The normalized spacial score (nSPS) is 48.4. The molecule has 1 aliphatic heterocycles. The zero-order valence-electron chi connectivity index (χ0n) is 7.95. The predicted octanol–water partition coefficient (Wildman–Crippen LogP) is 0.644. The highest BCUT2D eigenvalue weighted by molar-refractivity contribution is 5.78. The number of amides is 1. The Kier molecular flexibility index (Phi) is 1.36. The summed E-state index contributed by atoms with van der Waals surface area (Å²) >= 11 is 0. The molecule has 0 aromatic rings. The van der Waals surface area contributed by atoms with Gasteiger partial charge in [-0.15, -0.1) is 0 Å². The minimum Gasteiger partial charge on any atom is -0.363 e. The van der Waals surface area contributed by atoms with Gasteiger partial charge in [0.1, 0.15) is 6.61 Å². The minimum absolute atomic E-state index is 0.0518. The van der Waals surface area contributed by atoms with Crippen molar-refractivity contribution in [3.63, 3.8) is 0 Å². The Morgan fingerprint density at radius 2 is 2.15 bits per heavy atom. The predicted molar refractivity (Wildman–Crippen MR) is 47.2 cm³/mol. The molecule has 1 spiro atoms. The summed E-state index contributed by atoms with van der Waals surface area (Å²) in [5.41, 5.74) is 0.0518. The highest BCUT2D eigenvalue weighted by atomic mass is 16.5. The van der Waals surface area contributed by atoms with E-state index < -0.39 is 0 Å². The van der Waals surface area contributed by atoms with Gasteiger partial charge in [-0.05, 0) is 31.1 Å². The molecule has 2 atom stereocenters. The topological polar surface area (TPSA) is 29.5 Å². The van der Waals surface area contributed by atoms with Crippen LogP contribution < -0.4 is 0 Å². The molecule has 3 rings (SSSR count). The summed E-state index contributed by atoms with van der Waals surface area (Å²) in [5, 5.41) is 0. The largest absolute Gasteiger partial charge is 0.363 e. The minimum atomic E-state index is 0.0518. The van der Waals surface area contributed by atoms with Gasteiger partial charge < -0.3 is 9.64 Å². The summed E-state index contributed by atoms with van der Waals surface area (Å²) in [6.45, 7) is 1.12. The Morgan fingerprint density at radius 1 is 1.46 bits per heavy atom.